The van der Waals surface area contributed by atoms with Crippen LogP contribution in [0.4, 0.5) is 0 Å². The quantitative estimate of drug-likeness (QED) is 0.734. The third-order valence-electron chi connectivity index (χ3n) is 6.79. The van der Waals surface area contributed by atoms with E-state index in [9.17, 15) is 9.90 Å². The number of hydrogen-bond donors (Lipinski definition) is 1. The van der Waals surface area contributed by atoms with Crippen LogP contribution in [0.3, 0.4) is 0 Å². The van der Waals surface area contributed by atoms with E-state index in [-0.39, 0.29) is 10.8 Å². The smallest absolute Gasteiger partial charge is 0.162 e. The number of rotatable bonds is 1. The number of ketones is 1. The van der Waals surface area contributed by atoms with Crippen molar-refractivity contribution in [1.82, 2.24) is 0 Å². The Morgan fingerprint density at radius 3 is 2.45 bits per heavy atom. The summed E-state index contributed by atoms with van der Waals surface area (Å²) in [7, 11) is 0. The van der Waals surface area contributed by atoms with Gasteiger partial charge < -0.3 is 5.11 Å². The van der Waals surface area contributed by atoms with Gasteiger partial charge in [0.2, 0.25) is 0 Å². The Bertz CT molecular complexity index is 554. The van der Waals surface area contributed by atoms with Crippen molar-refractivity contribution in [2.24, 2.45) is 28.6 Å². The minimum Gasteiger partial charge on any atom is -0.386 e. The lowest BCUT2D eigenvalue weighted by Crippen LogP contribution is -2.47. The van der Waals surface area contributed by atoms with E-state index in [0.29, 0.717) is 23.5 Å². The van der Waals surface area contributed by atoms with Gasteiger partial charge in [0.05, 0.1) is 5.60 Å². The number of allylic oxidation sites excluding steroid dienone is 3. The summed E-state index contributed by atoms with van der Waals surface area (Å²) in [5.41, 5.74) is 0.524. The molecule has 1 fully saturated rings. The van der Waals surface area contributed by atoms with E-state index >= 15 is 0 Å². The molecular weight excluding hydrogens is 272 g/mol. The summed E-state index contributed by atoms with van der Waals surface area (Å²) in [5, 5.41) is 10.5. The summed E-state index contributed by atoms with van der Waals surface area (Å²) in [4.78, 5) is 12.7. The standard InChI is InChI=1S/C20H30O2/c1-13(2)14-12-16(21)20(5)11-9-18(3)8-10-19(4,22)7-6-15(18)17(14)20/h8,10,12-13,15,17,22H,6-7,9,11H2,1-5H3/t15-,17?,18?,19+,20?/m1/s1. The highest BCUT2D eigenvalue weighted by Gasteiger charge is 2.58. The summed E-state index contributed by atoms with van der Waals surface area (Å²) in [6.45, 7) is 10.8. The van der Waals surface area contributed by atoms with Crippen molar-refractivity contribution < 1.29 is 9.90 Å². The summed E-state index contributed by atoms with van der Waals surface area (Å²) in [5.74, 6) is 1.56. The van der Waals surface area contributed by atoms with Crippen LogP contribution in [0.2, 0.25) is 0 Å². The highest BCUT2D eigenvalue weighted by molar-refractivity contribution is 5.99. The first-order valence-corrected chi connectivity index (χ1v) is 8.78. The molecule has 122 valence electrons. The minimum atomic E-state index is -0.707. The summed E-state index contributed by atoms with van der Waals surface area (Å²) >= 11 is 0. The second-order valence-electron chi connectivity index (χ2n) is 8.90. The maximum absolute atomic E-state index is 12.7. The lowest BCUT2D eigenvalue weighted by molar-refractivity contribution is -0.129. The zero-order chi connectivity index (χ0) is 16.3. The molecule has 2 heteroatoms. The van der Waals surface area contributed by atoms with Gasteiger partial charge in [-0.05, 0) is 61.9 Å². The van der Waals surface area contributed by atoms with Crippen molar-refractivity contribution >= 4 is 5.78 Å². The first kappa shape index (κ1) is 16.0. The summed E-state index contributed by atoms with van der Waals surface area (Å²) in [6.07, 6.45) is 10.00. The van der Waals surface area contributed by atoms with E-state index in [1.54, 1.807) is 0 Å². The molecule has 22 heavy (non-hydrogen) atoms. The van der Waals surface area contributed by atoms with Crippen molar-refractivity contribution in [3.05, 3.63) is 23.8 Å². The van der Waals surface area contributed by atoms with Gasteiger partial charge in [-0.1, -0.05) is 45.4 Å². The average Bonchev–Trinajstić information content (AvgIpc) is 2.62. The first-order chi connectivity index (χ1) is 10.1. The Kier molecular flexibility index (Phi) is 3.49. The van der Waals surface area contributed by atoms with Crippen molar-refractivity contribution in [1.29, 1.82) is 0 Å². The fraction of sp³-hybridized carbons (Fsp3) is 0.750. The van der Waals surface area contributed by atoms with Crippen LogP contribution in [-0.4, -0.2) is 16.5 Å². The Labute approximate surface area is 134 Å². The summed E-state index contributed by atoms with van der Waals surface area (Å²) < 4.78 is 0. The second kappa shape index (κ2) is 4.80. The van der Waals surface area contributed by atoms with Crippen molar-refractivity contribution in [3.63, 3.8) is 0 Å². The van der Waals surface area contributed by atoms with E-state index in [1.165, 1.54) is 5.57 Å². The number of carbonyl (C=O) groups excluding carboxylic acids is 1. The van der Waals surface area contributed by atoms with Gasteiger partial charge in [0.15, 0.2) is 5.78 Å². The third kappa shape index (κ3) is 2.22. The number of carbonyl (C=O) groups is 1. The van der Waals surface area contributed by atoms with Gasteiger partial charge in [-0.15, -0.1) is 0 Å². The average molecular weight is 302 g/mol. The fourth-order valence-electron chi connectivity index (χ4n) is 5.11. The van der Waals surface area contributed by atoms with Crippen LogP contribution in [0.5, 0.6) is 0 Å². The first-order valence-electron chi connectivity index (χ1n) is 8.78. The molecule has 0 spiro atoms. The molecular formula is C20H30O2. The topological polar surface area (TPSA) is 37.3 Å². The molecule has 0 aromatic rings. The molecule has 0 aromatic carbocycles. The maximum Gasteiger partial charge on any atom is 0.162 e. The maximum atomic E-state index is 12.7. The molecule has 1 N–H and O–H groups in total. The lowest BCUT2D eigenvalue weighted by Gasteiger charge is -2.51. The van der Waals surface area contributed by atoms with Gasteiger partial charge >= 0.3 is 0 Å². The van der Waals surface area contributed by atoms with Crippen LogP contribution in [-0.2, 0) is 4.79 Å². The van der Waals surface area contributed by atoms with Gasteiger partial charge in [-0.2, -0.15) is 0 Å². The lowest BCUT2D eigenvalue weighted by atomic mass is 9.51. The number of hydrogen-bond acceptors (Lipinski definition) is 2. The second-order valence-corrected chi connectivity index (χ2v) is 8.90. The molecule has 0 heterocycles. The van der Waals surface area contributed by atoms with Crippen LogP contribution < -0.4 is 0 Å². The van der Waals surface area contributed by atoms with Crippen LogP contribution in [0.25, 0.3) is 0 Å². The number of aliphatic hydroxyl groups is 1. The predicted octanol–water partition coefficient (Wildman–Crippen LogP) is 4.29. The highest BCUT2D eigenvalue weighted by Crippen LogP contribution is 2.62. The molecule has 5 atom stereocenters. The molecule has 3 unspecified atom stereocenters. The predicted molar refractivity (Wildman–Crippen MR) is 89.4 cm³/mol. The van der Waals surface area contributed by atoms with Crippen molar-refractivity contribution in [2.45, 2.75) is 65.9 Å². The third-order valence-corrected chi connectivity index (χ3v) is 6.79. The van der Waals surface area contributed by atoms with Crippen LogP contribution in [0.1, 0.15) is 60.3 Å². The minimum absolute atomic E-state index is 0.100. The van der Waals surface area contributed by atoms with Crippen LogP contribution in [0, 0.1) is 28.6 Å². The highest BCUT2D eigenvalue weighted by atomic mass is 16.3. The molecule has 0 aromatic heterocycles. The van der Waals surface area contributed by atoms with E-state index in [1.807, 2.05) is 19.1 Å². The van der Waals surface area contributed by atoms with Gasteiger partial charge in [-0.25, -0.2) is 0 Å². The van der Waals surface area contributed by atoms with Crippen molar-refractivity contribution in [2.75, 3.05) is 0 Å². The molecule has 0 aliphatic heterocycles. The summed E-state index contributed by atoms with van der Waals surface area (Å²) in [6, 6.07) is 0. The van der Waals surface area contributed by atoms with Crippen molar-refractivity contribution in [3.8, 4) is 0 Å². The van der Waals surface area contributed by atoms with E-state index in [0.717, 1.165) is 25.7 Å². The van der Waals surface area contributed by atoms with Gasteiger partial charge in [0, 0.05) is 5.41 Å². The molecule has 2 nitrogen and oxygen atoms in total. The Morgan fingerprint density at radius 2 is 1.82 bits per heavy atom. The zero-order valence-corrected chi connectivity index (χ0v) is 14.6. The zero-order valence-electron chi connectivity index (χ0n) is 14.6. The molecule has 0 amide bonds. The molecule has 1 saturated carbocycles. The fourth-order valence-corrected chi connectivity index (χ4v) is 5.11. The van der Waals surface area contributed by atoms with Crippen LogP contribution >= 0.6 is 0 Å². The van der Waals surface area contributed by atoms with Gasteiger partial charge in [-0.3, -0.25) is 4.79 Å². The molecule has 0 radical (unpaired) electrons. The van der Waals surface area contributed by atoms with E-state index in [4.69, 9.17) is 0 Å². The Morgan fingerprint density at radius 1 is 1.14 bits per heavy atom. The van der Waals surface area contributed by atoms with Gasteiger partial charge in [0.25, 0.3) is 0 Å². The molecule has 0 bridgehead atoms. The number of fused-ring (bicyclic) bond motifs is 3. The molecule has 0 saturated heterocycles. The van der Waals surface area contributed by atoms with E-state index in [2.05, 4.69) is 33.8 Å². The monoisotopic (exact) mass is 302 g/mol. The Hall–Kier alpha value is -0.890. The Balaban J connectivity index is 2.05. The largest absolute Gasteiger partial charge is 0.386 e. The molecule has 3 aliphatic rings. The van der Waals surface area contributed by atoms with E-state index < -0.39 is 5.60 Å². The normalized spacial score (nSPS) is 48.0. The molecule has 3 rings (SSSR count). The van der Waals surface area contributed by atoms with Crippen LogP contribution in [0.15, 0.2) is 23.8 Å². The SMILES string of the molecule is CC(C)C1=CC(=O)C2(C)CCC3(C)C=C[C@@](C)(O)CC[C@@H]3C12. The molecule has 3 aliphatic carbocycles. The van der Waals surface area contributed by atoms with Gasteiger partial charge in [0.1, 0.15) is 0 Å².